The minimum absolute atomic E-state index is 0.583. The van der Waals surface area contributed by atoms with Gasteiger partial charge in [-0.05, 0) is 30.8 Å². The van der Waals surface area contributed by atoms with Crippen LogP contribution in [0.4, 0.5) is 0 Å². The summed E-state index contributed by atoms with van der Waals surface area (Å²) in [7, 11) is 1.94. The average Bonchev–Trinajstić information content (AvgIpc) is 2.38. The smallest absolute Gasteiger partial charge is 0.124 e. The van der Waals surface area contributed by atoms with Crippen LogP contribution < -0.4 is 10.1 Å². The van der Waals surface area contributed by atoms with Gasteiger partial charge in [0.2, 0.25) is 0 Å². The molecule has 0 unspecified atom stereocenters. The molecule has 0 aliphatic carbocycles. The maximum atomic E-state index is 5.87. The Hall–Kier alpha value is -1.32. The fourth-order valence-electron chi connectivity index (χ4n) is 1.77. The molecular formula is C15H16BrNO. The number of para-hydroxylation sites is 1. The molecule has 0 saturated carbocycles. The molecule has 0 aliphatic rings. The van der Waals surface area contributed by atoms with Crippen LogP contribution in [0.2, 0.25) is 0 Å². The van der Waals surface area contributed by atoms with Gasteiger partial charge in [-0.1, -0.05) is 46.3 Å². The molecule has 0 saturated heterocycles. The summed E-state index contributed by atoms with van der Waals surface area (Å²) in [6.07, 6.45) is 0. The zero-order chi connectivity index (χ0) is 12.8. The standard InChI is InChI=1S/C15H16BrNO/c1-17-10-13-6-2-3-8-15(13)18-11-12-5-4-7-14(16)9-12/h2-9,17H,10-11H2,1H3. The van der Waals surface area contributed by atoms with Crippen molar-refractivity contribution in [3.8, 4) is 5.75 Å². The normalized spacial score (nSPS) is 10.3. The lowest BCUT2D eigenvalue weighted by molar-refractivity contribution is 0.302. The van der Waals surface area contributed by atoms with E-state index in [0.717, 1.165) is 22.3 Å². The van der Waals surface area contributed by atoms with Gasteiger partial charge < -0.3 is 10.1 Å². The molecule has 2 nitrogen and oxygen atoms in total. The van der Waals surface area contributed by atoms with E-state index >= 15 is 0 Å². The zero-order valence-corrected chi connectivity index (χ0v) is 11.9. The Balaban J connectivity index is 2.06. The molecule has 0 aromatic heterocycles. The van der Waals surface area contributed by atoms with Gasteiger partial charge >= 0.3 is 0 Å². The van der Waals surface area contributed by atoms with Crippen LogP contribution in [-0.4, -0.2) is 7.05 Å². The number of nitrogens with one attached hydrogen (secondary N) is 1. The molecule has 0 bridgehead atoms. The van der Waals surface area contributed by atoms with Crippen LogP contribution in [0, 0.1) is 0 Å². The third-order valence-corrected chi connectivity index (χ3v) is 3.12. The van der Waals surface area contributed by atoms with Crippen LogP contribution in [0.1, 0.15) is 11.1 Å². The van der Waals surface area contributed by atoms with Crippen molar-refractivity contribution in [1.29, 1.82) is 0 Å². The third kappa shape index (κ3) is 3.59. The quantitative estimate of drug-likeness (QED) is 0.908. The Labute approximate surface area is 116 Å². The summed E-state index contributed by atoms with van der Waals surface area (Å²) in [6, 6.07) is 16.3. The van der Waals surface area contributed by atoms with Gasteiger partial charge in [-0.2, -0.15) is 0 Å². The van der Waals surface area contributed by atoms with Gasteiger partial charge in [-0.15, -0.1) is 0 Å². The number of halogens is 1. The summed E-state index contributed by atoms with van der Waals surface area (Å²) in [5, 5.41) is 3.14. The molecule has 0 fully saturated rings. The minimum atomic E-state index is 0.583. The van der Waals surface area contributed by atoms with Crippen LogP contribution in [0.15, 0.2) is 53.0 Å². The largest absolute Gasteiger partial charge is 0.489 e. The SMILES string of the molecule is CNCc1ccccc1OCc1cccc(Br)c1. The van der Waals surface area contributed by atoms with Crippen molar-refractivity contribution >= 4 is 15.9 Å². The van der Waals surface area contributed by atoms with E-state index in [0.29, 0.717) is 6.61 Å². The second kappa shape index (κ2) is 6.57. The van der Waals surface area contributed by atoms with E-state index in [4.69, 9.17) is 4.74 Å². The number of hydrogen-bond donors (Lipinski definition) is 1. The molecule has 0 amide bonds. The maximum Gasteiger partial charge on any atom is 0.124 e. The van der Waals surface area contributed by atoms with E-state index in [1.807, 2.05) is 37.4 Å². The summed E-state index contributed by atoms with van der Waals surface area (Å²) in [5.41, 5.74) is 2.33. The molecule has 2 aromatic carbocycles. The van der Waals surface area contributed by atoms with Gasteiger partial charge in [0.05, 0.1) is 0 Å². The second-order valence-corrected chi connectivity index (χ2v) is 4.97. The topological polar surface area (TPSA) is 21.3 Å². The number of rotatable bonds is 5. The lowest BCUT2D eigenvalue weighted by atomic mass is 10.2. The van der Waals surface area contributed by atoms with Crippen LogP contribution in [0.3, 0.4) is 0 Å². The molecule has 18 heavy (non-hydrogen) atoms. The summed E-state index contributed by atoms with van der Waals surface area (Å²) in [4.78, 5) is 0. The average molecular weight is 306 g/mol. The van der Waals surface area contributed by atoms with E-state index in [1.165, 1.54) is 5.56 Å². The Morgan fingerprint density at radius 1 is 1.11 bits per heavy atom. The lowest BCUT2D eigenvalue weighted by Gasteiger charge is -2.11. The van der Waals surface area contributed by atoms with Crippen molar-refractivity contribution in [1.82, 2.24) is 5.32 Å². The van der Waals surface area contributed by atoms with Crippen molar-refractivity contribution < 1.29 is 4.74 Å². The first-order valence-electron chi connectivity index (χ1n) is 5.89. The van der Waals surface area contributed by atoms with Crippen LogP contribution in [-0.2, 0) is 13.2 Å². The molecule has 0 spiro atoms. The Morgan fingerprint density at radius 2 is 1.94 bits per heavy atom. The summed E-state index contributed by atoms with van der Waals surface area (Å²) in [5.74, 6) is 0.937. The van der Waals surface area contributed by atoms with E-state index in [-0.39, 0.29) is 0 Å². The minimum Gasteiger partial charge on any atom is -0.489 e. The van der Waals surface area contributed by atoms with Gasteiger partial charge in [-0.3, -0.25) is 0 Å². The summed E-state index contributed by atoms with van der Waals surface area (Å²) < 4.78 is 6.95. The van der Waals surface area contributed by atoms with Crippen LogP contribution in [0.25, 0.3) is 0 Å². The van der Waals surface area contributed by atoms with Gasteiger partial charge in [0.15, 0.2) is 0 Å². The van der Waals surface area contributed by atoms with Gasteiger partial charge in [0, 0.05) is 16.6 Å². The molecule has 0 heterocycles. The molecule has 1 N–H and O–H groups in total. The molecule has 2 aromatic rings. The van der Waals surface area contributed by atoms with Crippen molar-refractivity contribution in [2.75, 3.05) is 7.05 Å². The Morgan fingerprint density at radius 3 is 2.72 bits per heavy atom. The number of benzene rings is 2. The highest BCUT2D eigenvalue weighted by molar-refractivity contribution is 9.10. The summed E-state index contributed by atoms with van der Waals surface area (Å²) in [6.45, 7) is 1.40. The highest BCUT2D eigenvalue weighted by atomic mass is 79.9. The highest BCUT2D eigenvalue weighted by Crippen LogP contribution is 2.20. The van der Waals surface area contributed by atoms with Crippen molar-refractivity contribution in [3.63, 3.8) is 0 Å². The predicted molar refractivity (Wildman–Crippen MR) is 77.7 cm³/mol. The van der Waals surface area contributed by atoms with E-state index in [1.54, 1.807) is 0 Å². The molecule has 0 atom stereocenters. The van der Waals surface area contributed by atoms with Crippen LogP contribution in [0.5, 0.6) is 5.75 Å². The first-order chi connectivity index (χ1) is 8.79. The van der Waals surface area contributed by atoms with Crippen molar-refractivity contribution in [2.45, 2.75) is 13.2 Å². The summed E-state index contributed by atoms with van der Waals surface area (Å²) >= 11 is 3.46. The molecular weight excluding hydrogens is 290 g/mol. The first kappa shape index (κ1) is 13.1. The molecule has 3 heteroatoms. The van der Waals surface area contributed by atoms with E-state index in [2.05, 4.69) is 39.4 Å². The third-order valence-electron chi connectivity index (χ3n) is 2.62. The molecule has 0 radical (unpaired) electrons. The molecule has 94 valence electrons. The van der Waals surface area contributed by atoms with Crippen molar-refractivity contribution in [2.24, 2.45) is 0 Å². The zero-order valence-electron chi connectivity index (χ0n) is 10.3. The van der Waals surface area contributed by atoms with E-state index in [9.17, 15) is 0 Å². The Bertz CT molecular complexity index is 513. The monoisotopic (exact) mass is 305 g/mol. The Kier molecular flexibility index (Phi) is 4.79. The first-order valence-corrected chi connectivity index (χ1v) is 6.68. The molecule has 2 rings (SSSR count). The van der Waals surface area contributed by atoms with Gasteiger partial charge in [0.25, 0.3) is 0 Å². The van der Waals surface area contributed by atoms with Crippen molar-refractivity contribution in [3.05, 3.63) is 64.1 Å². The van der Waals surface area contributed by atoms with Crippen LogP contribution >= 0.6 is 15.9 Å². The second-order valence-electron chi connectivity index (χ2n) is 4.06. The number of ether oxygens (including phenoxy) is 1. The number of hydrogen-bond acceptors (Lipinski definition) is 2. The lowest BCUT2D eigenvalue weighted by Crippen LogP contribution is -2.07. The fraction of sp³-hybridized carbons (Fsp3) is 0.200. The van der Waals surface area contributed by atoms with Gasteiger partial charge in [0.1, 0.15) is 12.4 Å². The van der Waals surface area contributed by atoms with Gasteiger partial charge in [-0.25, -0.2) is 0 Å². The van der Waals surface area contributed by atoms with E-state index < -0.39 is 0 Å². The predicted octanol–water partition coefficient (Wildman–Crippen LogP) is 3.75. The maximum absolute atomic E-state index is 5.87. The molecule has 0 aliphatic heterocycles. The fourth-order valence-corrected chi connectivity index (χ4v) is 2.22. The highest BCUT2D eigenvalue weighted by Gasteiger charge is 2.02.